The first-order valence-electron chi connectivity index (χ1n) is 5.30. The predicted octanol–water partition coefficient (Wildman–Crippen LogP) is 1.11. The van der Waals surface area contributed by atoms with Crippen molar-refractivity contribution >= 4 is 0 Å². The fourth-order valence-corrected chi connectivity index (χ4v) is 2.24. The van der Waals surface area contributed by atoms with E-state index in [1.54, 1.807) is 0 Å². The number of hydrogen-bond donors (Lipinski definition) is 1. The van der Waals surface area contributed by atoms with Crippen LogP contribution in [0, 0.1) is 6.92 Å². The third kappa shape index (κ3) is 1.66. The Kier molecular flexibility index (Phi) is 2.54. The van der Waals surface area contributed by atoms with Gasteiger partial charge in [-0.2, -0.15) is 0 Å². The van der Waals surface area contributed by atoms with E-state index in [9.17, 15) is 0 Å². The Morgan fingerprint density at radius 3 is 2.71 bits per heavy atom. The van der Waals surface area contributed by atoms with E-state index < -0.39 is 0 Å². The molecular weight excluding hydrogens is 176 g/mol. The van der Waals surface area contributed by atoms with Crippen LogP contribution in [-0.4, -0.2) is 20.8 Å². The highest BCUT2D eigenvalue weighted by atomic mass is 15.3. The SMILES string of the molecule is Cc1nnc(C2CCCC(N)C2)n1C. The maximum absolute atomic E-state index is 5.96. The third-order valence-electron chi connectivity index (χ3n) is 3.21. The molecule has 1 heterocycles. The Bertz CT molecular complexity index is 318. The molecule has 1 aromatic heterocycles. The van der Waals surface area contributed by atoms with Crippen LogP contribution in [0.2, 0.25) is 0 Å². The molecule has 4 nitrogen and oxygen atoms in total. The fraction of sp³-hybridized carbons (Fsp3) is 0.800. The second-order valence-electron chi connectivity index (χ2n) is 4.29. The molecule has 0 bridgehead atoms. The number of nitrogens with zero attached hydrogens (tertiary/aromatic N) is 3. The van der Waals surface area contributed by atoms with Gasteiger partial charge in [0.15, 0.2) is 0 Å². The lowest BCUT2D eigenvalue weighted by molar-refractivity contribution is 0.376. The summed E-state index contributed by atoms with van der Waals surface area (Å²) in [6.07, 6.45) is 4.65. The van der Waals surface area contributed by atoms with Gasteiger partial charge < -0.3 is 10.3 Å². The maximum Gasteiger partial charge on any atom is 0.135 e. The molecule has 0 aromatic carbocycles. The Balaban J connectivity index is 2.18. The number of aryl methyl sites for hydroxylation is 1. The highest BCUT2D eigenvalue weighted by molar-refractivity contribution is 5.02. The zero-order chi connectivity index (χ0) is 10.1. The van der Waals surface area contributed by atoms with Gasteiger partial charge in [0.1, 0.15) is 11.6 Å². The van der Waals surface area contributed by atoms with Gasteiger partial charge in [0.25, 0.3) is 0 Å². The molecule has 2 atom stereocenters. The summed E-state index contributed by atoms with van der Waals surface area (Å²) in [6, 6.07) is 0.353. The van der Waals surface area contributed by atoms with E-state index in [1.165, 1.54) is 12.8 Å². The molecule has 1 aromatic rings. The van der Waals surface area contributed by atoms with Gasteiger partial charge in [0.2, 0.25) is 0 Å². The number of nitrogens with two attached hydrogens (primary N) is 1. The molecule has 1 aliphatic carbocycles. The Morgan fingerprint density at radius 2 is 2.14 bits per heavy atom. The van der Waals surface area contributed by atoms with Crippen LogP contribution in [0.4, 0.5) is 0 Å². The Labute approximate surface area is 84.5 Å². The molecule has 0 spiro atoms. The van der Waals surface area contributed by atoms with Crippen LogP contribution in [0.25, 0.3) is 0 Å². The molecule has 14 heavy (non-hydrogen) atoms. The molecule has 1 saturated carbocycles. The minimum absolute atomic E-state index is 0.353. The minimum Gasteiger partial charge on any atom is -0.328 e. The summed E-state index contributed by atoms with van der Waals surface area (Å²) >= 11 is 0. The molecule has 1 aliphatic rings. The van der Waals surface area contributed by atoms with Crippen LogP contribution in [0.5, 0.6) is 0 Å². The van der Waals surface area contributed by atoms with Crippen molar-refractivity contribution in [1.82, 2.24) is 14.8 Å². The quantitative estimate of drug-likeness (QED) is 0.728. The molecule has 2 unspecified atom stereocenters. The van der Waals surface area contributed by atoms with Gasteiger partial charge in [-0.25, -0.2) is 0 Å². The Morgan fingerprint density at radius 1 is 1.36 bits per heavy atom. The summed E-state index contributed by atoms with van der Waals surface area (Å²) in [5.41, 5.74) is 5.96. The van der Waals surface area contributed by atoms with Crippen molar-refractivity contribution in [3.05, 3.63) is 11.6 Å². The first-order chi connectivity index (χ1) is 6.68. The zero-order valence-electron chi connectivity index (χ0n) is 8.90. The first kappa shape index (κ1) is 9.65. The van der Waals surface area contributed by atoms with Crippen LogP contribution >= 0.6 is 0 Å². The second kappa shape index (κ2) is 3.69. The largest absolute Gasteiger partial charge is 0.328 e. The molecule has 78 valence electrons. The van der Waals surface area contributed by atoms with E-state index >= 15 is 0 Å². The summed E-state index contributed by atoms with van der Waals surface area (Å²) in [6.45, 7) is 1.99. The van der Waals surface area contributed by atoms with Crippen molar-refractivity contribution in [3.63, 3.8) is 0 Å². The fourth-order valence-electron chi connectivity index (χ4n) is 2.24. The van der Waals surface area contributed by atoms with E-state index in [0.29, 0.717) is 12.0 Å². The number of aromatic nitrogens is 3. The topological polar surface area (TPSA) is 56.7 Å². The van der Waals surface area contributed by atoms with Gasteiger partial charge in [0.05, 0.1) is 0 Å². The van der Waals surface area contributed by atoms with E-state index in [4.69, 9.17) is 5.73 Å². The zero-order valence-corrected chi connectivity index (χ0v) is 8.90. The third-order valence-corrected chi connectivity index (χ3v) is 3.21. The molecule has 0 aliphatic heterocycles. The first-order valence-corrected chi connectivity index (χ1v) is 5.30. The number of rotatable bonds is 1. The van der Waals surface area contributed by atoms with Gasteiger partial charge in [-0.3, -0.25) is 0 Å². The van der Waals surface area contributed by atoms with Crippen LogP contribution in [0.1, 0.15) is 43.3 Å². The van der Waals surface area contributed by atoms with Gasteiger partial charge in [-0.15, -0.1) is 10.2 Å². The van der Waals surface area contributed by atoms with Gasteiger partial charge >= 0.3 is 0 Å². The average Bonchev–Trinajstić information content (AvgIpc) is 2.48. The lowest BCUT2D eigenvalue weighted by Gasteiger charge is -2.25. The number of hydrogen-bond acceptors (Lipinski definition) is 3. The monoisotopic (exact) mass is 194 g/mol. The Hall–Kier alpha value is -0.900. The van der Waals surface area contributed by atoms with Gasteiger partial charge in [0, 0.05) is 19.0 Å². The van der Waals surface area contributed by atoms with Crippen molar-refractivity contribution in [2.75, 3.05) is 0 Å². The highest BCUT2D eigenvalue weighted by Crippen LogP contribution is 2.30. The van der Waals surface area contributed by atoms with Crippen LogP contribution in [-0.2, 0) is 7.05 Å². The van der Waals surface area contributed by atoms with Gasteiger partial charge in [-0.05, 0) is 26.2 Å². The standard InChI is InChI=1S/C10H18N4/c1-7-12-13-10(14(7)2)8-4-3-5-9(11)6-8/h8-9H,3-6,11H2,1-2H3. The summed E-state index contributed by atoms with van der Waals surface area (Å²) in [4.78, 5) is 0. The predicted molar refractivity (Wildman–Crippen MR) is 54.9 cm³/mol. The van der Waals surface area contributed by atoms with Gasteiger partial charge in [-0.1, -0.05) is 6.42 Å². The molecule has 2 rings (SSSR count). The molecule has 1 fully saturated rings. The minimum atomic E-state index is 0.353. The van der Waals surface area contributed by atoms with E-state index in [-0.39, 0.29) is 0 Å². The van der Waals surface area contributed by atoms with Crippen molar-refractivity contribution in [3.8, 4) is 0 Å². The summed E-state index contributed by atoms with van der Waals surface area (Å²) < 4.78 is 2.09. The molecule has 2 N–H and O–H groups in total. The van der Waals surface area contributed by atoms with E-state index in [0.717, 1.165) is 24.5 Å². The highest BCUT2D eigenvalue weighted by Gasteiger charge is 2.24. The smallest absolute Gasteiger partial charge is 0.135 e. The van der Waals surface area contributed by atoms with E-state index in [1.807, 2.05) is 14.0 Å². The van der Waals surface area contributed by atoms with Crippen LogP contribution < -0.4 is 5.73 Å². The maximum atomic E-state index is 5.96. The molecule has 0 radical (unpaired) electrons. The lowest BCUT2D eigenvalue weighted by Crippen LogP contribution is -2.28. The molecular formula is C10H18N4. The van der Waals surface area contributed by atoms with Crippen molar-refractivity contribution in [2.24, 2.45) is 12.8 Å². The second-order valence-corrected chi connectivity index (χ2v) is 4.29. The molecule has 0 amide bonds. The van der Waals surface area contributed by atoms with E-state index in [2.05, 4.69) is 14.8 Å². The van der Waals surface area contributed by atoms with Crippen molar-refractivity contribution in [1.29, 1.82) is 0 Å². The average molecular weight is 194 g/mol. The van der Waals surface area contributed by atoms with Crippen molar-refractivity contribution < 1.29 is 0 Å². The van der Waals surface area contributed by atoms with Crippen molar-refractivity contribution in [2.45, 2.75) is 44.6 Å². The summed E-state index contributed by atoms with van der Waals surface area (Å²) in [7, 11) is 2.03. The summed E-state index contributed by atoms with van der Waals surface area (Å²) in [5.74, 6) is 2.61. The normalized spacial score (nSPS) is 27.9. The van der Waals surface area contributed by atoms with Crippen LogP contribution in [0.3, 0.4) is 0 Å². The lowest BCUT2D eigenvalue weighted by atomic mass is 9.85. The van der Waals surface area contributed by atoms with Crippen LogP contribution in [0.15, 0.2) is 0 Å². The summed E-state index contributed by atoms with van der Waals surface area (Å²) in [5, 5.41) is 8.32. The molecule has 0 saturated heterocycles. The molecule has 4 heteroatoms.